The monoisotopic (exact) mass is 303 g/mol. The molecule has 0 bridgehead atoms. The van der Waals surface area contributed by atoms with Crippen LogP contribution in [0.5, 0.6) is 5.75 Å². The molecule has 0 saturated carbocycles. The maximum Gasteiger partial charge on any atom is 0.220 e. The van der Waals surface area contributed by atoms with Crippen molar-refractivity contribution in [2.75, 3.05) is 6.54 Å². The highest BCUT2D eigenvalue weighted by atomic mass is 19.1. The second-order valence-electron chi connectivity index (χ2n) is 5.28. The van der Waals surface area contributed by atoms with Gasteiger partial charge in [-0.25, -0.2) is 8.78 Å². The number of amides is 1. The van der Waals surface area contributed by atoms with Crippen LogP contribution in [0.2, 0.25) is 0 Å². The Hall–Kier alpha value is -2.43. The van der Waals surface area contributed by atoms with Crippen molar-refractivity contribution in [2.24, 2.45) is 0 Å². The van der Waals surface area contributed by atoms with Crippen LogP contribution in [-0.2, 0) is 11.4 Å². The summed E-state index contributed by atoms with van der Waals surface area (Å²) in [5, 5.41) is 2.58. The Morgan fingerprint density at radius 3 is 2.41 bits per heavy atom. The third kappa shape index (κ3) is 3.08. The summed E-state index contributed by atoms with van der Waals surface area (Å²) in [6, 6.07) is 11.7. The number of carbonyl (C=O) groups is 1. The number of benzene rings is 2. The minimum Gasteiger partial charge on any atom is -0.489 e. The smallest absolute Gasteiger partial charge is 0.220 e. The van der Waals surface area contributed by atoms with E-state index in [1.807, 2.05) is 30.3 Å². The van der Waals surface area contributed by atoms with Crippen LogP contribution in [0.3, 0.4) is 0 Å². The summed E-state index contributed by atoms with van der Waals surface area (Å²) >= 11 is 0. The molecule has 1 saturated heterocycles. The Morgan fingerprint density at radius 1 is 1.14 bits per heavy atom. The van der Waals surface area contributed by atoms with Gasteiger partial charge in [-0.05, 0) is 5.56 Å². The van der Waals surface area contributed by atoms with E-state index < -0.39 is 17.6 Å². The first-order chi connectivity index (χ1) is 10.6. The number of hydrogen-bond acceptors (Lipinski definition) is 2. The first kappa shape index (κ1) is 14.5. The van der Waals surface area contributed by atoms with E-state index in [9.17, 15) is 13.6 Å². The van der Waals surface area contributed by atoms with Crippen LogP contribution in [0.1, 0.15) is 23.5 Å². The molecule has 5 heteroatoms. The molecule has 0 radical (unpaired) electrons. The topological polar surface area (TPSA) is 38.3 Å². The molecule has 0 aromatic heterocycles. The molecular weight excluding hydrogens is 288 g/mol. The van der Waals surface area contributed by atoms with Gasteiger partial charge in [-0.15, -0.1) is 0 Å². The van der Waals surface area contributed by atoms with Gasteiger partial charge in [0.2, 0.25) is 5.91 Å². The Labute approximate surface area is 126 Å². The highest BCUT2D eigenvalue weighted by Gasteiger charge is 2.28. The highest BCUT2D eigenvalue weighted by Crippen LogP contribution is 2.31. The quantitative estimate of drug-likeness (QED) is 0.942. The fraction of sp³-hybridized carbons (Fsp3) is 0.235. The predicted octanol–water partition coefficient (Wildman–Crippen LogP) is 3.15. The van der Waals surface area contributed by atoms with Crippen molar-refractivity contribution in [1.29, 1.82) is 0 Å². The highest BCUT2D eigenvalue weighted by molar-refractivity contribution is 5.79. The van der Waals surface area contributed by atoms with E-state index in [0.29, 0.717) is 0 Å². The lowest BCUT2D eigenvalue weighted by molar-refractivity contribution is -0.119. The number of hydrogen-bond donors (Lipinski definition) is 1. The van der Waals surface area contributed by atoms with Crippen LogP contribution in [0.25, 0.3) is 0 Å². The molecule has 22 heavy (non-hydrogen) atoms. The van der Waals surface area contributed by atoms with Crippen LogP contribution in [-0.4, -0.2) is 12.5 Å². The van der Waals surface area contributed by atoms with Gasteiger partial charge in [-0.2, -0.15) is 0 Å². The van der Waals surface area contributed by atoms with E-state index in [4.69, 9.17) is 4.74 Å². The fourth-order valence-corrected chi connectivity index (χ4v) is 2.58. The maximum absolute atomic E-state index is 14.2. The van der Waals surface area contributed by atoms with Crippen LogP contribution in [0, 0.1) is 11.6 Å². The lowest BCUT2D eigenvalue weighted by atomic mass is 9.97. The molecule has 1 N–H and O–H groups in total. The third-order valence-electron chi connectivity index (χ3n) is 3.69. The van der Waals surface area contributed by atoms with E-state index in [1.165, 1.54) is 12.1 Å². The second kappa shape index (κ2) is 6.13. The molecule has 1 amide bonds. The summed E-state index contributed by atoms with van der Waals surface area (Å²) in [7, 11) is 0. The molecule has 0 spiro atoms. The minimum atomic E-state index is -0.676. The van der Waals surface area contributed by atoms with Gasteiger partial charge in [0.15, 0.2) is 0 Å². The van der Waals surface area contributed by atoms with E-state index in [0.717, 1.165) is 5.56 Å². The predicted molar refractivity (Wildman–Crippen MR) is 77.5 cm³/mol. The average molecular weight is 303 g/mol. The first-order valence-corrected chi connectivity index (χ1v) is 7.06. The molecule has 2 aromatic rings. The van der Waals surface area contributed by atoms with Gasteiger partial charge in [0.05, 0.1) is 0 Å². The summed E-state index contributed by atoms with van der Waals surface area (Å²) in [6.07, 6.45) is 0.109. The number of carbonyl (C=O) groups excluding carboxylic acids is 1. The van der Waals surface area contributed by atoms with Gasteiger partial charge in [0.25, 0.3) is 0 Å². The lowest BCUT2D eigenvalue weighted by Gasteiger charge is -2.13. The third-order valence-corrected chi connectivity index (χ3v) is 3.69. The molecule has 1 heterocycles. The molecule has 1 atom stereocenters. The van der Waals surface area contributed by atoms with Crippen LogP contribution >= 0.6 is 0 Å². The summed E-state index contributed by atoms with van der Waals surface area (Å²) in [5.41, 5.74) is 0.864. The van der Waals surface area contributed by atoms with Crippen molar-refractivity contribution in [1.82, 2.24) is 5.32 Å². The van der Waals surface area contributed by atoms with E-state index in [2.05, 4.69) is 5.32 Å². The Morgan fingerprint density at radius 2 is 1.82 bits per heavy atom. The Balaban J connectivity index is 1.76. The normalized spacial score (nSPS) is 17.4. The maximum atomic E-state index is 14.2. The average Bonchev–Trinajstić information content (AvgIpc) is 2.92. The van der Waals surface area contributed by atoms with Gasteiger partial charge in [-0.3, -0.25) is 4.79 Å². The van der Waals surface area contributed by atoms with Gasteiger partial charge >= 0.3 is 0 Å². The molecule has 1 aliphatic heterocycles. The van der Waals surface area contributed by atoms with Crippen molar-refractivity contribution in [3.8, 4) is 5.75 Å². The Bertz CT molecular complexity index is 665. The molecule has 0 aliphatic carbocycles. The van der Waals surface area contributed by atoms with E-state index >= 15 is 0 Å². The van der Waals surface area contributed by atoms with Gasteiger partial charge in [0.1, 0.15) is 24.0 Å². The molecule has 3 nitrogen and oxygen atoms in total. The number of nitrogens with one attached hydrogen (secondary N) is 1. The fourth-order valence-electron chi connectivity index (χ4n) is 2.58. The summed E-state index contributed by atoms with van der Waals surface area (Å²) in [5.74, 6) is -1.86. The zero-order valence-corrected chi connectivity index (χ0v) is 11.8. The van der Waals surface area contributed by atoms with Crippen LogP contribution < -0.4 is 10.1 Å². The first-order valence-electron chi connectivity index (χ1n) is 7.06. The van der Waals surface area contributed by atoms with Gasteiger partial charge in [-0.1, -0.05) is 30.3 Å². The van der Waals surface area contributed by atoms with Crippen molar-refractivity contribution in [2.45, 2.75) is 18.9 Å². The largest absolute Gasteiger partial charge is 0.489 e. The number of ether oxygens (including phenoxy) is 1. The summed E-state index contributed by atoms with van der Waals surface area (Å²) in [4.78, 5) is 11.2. The Kier molecular flexibility index (Phi) is 4.04. The van der Waals surface area contributed by atoms with Gasteiger partial charge in [0, 0.05) is 36.6 Å². The van der Waals surface area contributed by atoms with Crippen molar-refractivity contribution >= 4 is 5.91 Å². The molecule has 114 valence electrons. The zero-order valence-electron chi connectivity index (χ0n) is 11.8. The molecule has 2 aromatic carbocycles. The molecule has 3 rings (SSSR count). The zero-order chi connectivity index (χ0) is 15.5. The lowest BCUT2D eigenvalue weighted by Crippen LogP contribution is -2.14. The number of halogens is 2. The molecule has 1 aliphatic rings. The SMILES string of the molecule is O=C1C[C@H](c2c(F)cc(OCc3ccccc3)cc2F)CN1. The van der Waals surface area contributed by atoms with E-state index in [-0.39, 0.29) is 36.8 Å². The molecular formula is C17H15F2NO2. The van der Waals surface area contributed by atoms with E-state index in [1.54, 1.807) is 0 Å². The minimum absolute atomic E-state index is 0.0505. The van der Waals surface area contributed by atoms with Crippen molar-refractivity contribution in [3.05, 3.63) is 65.2 Å². The standard InChI is InChI=1S/C17H15F2NO2/c18-14-7-13(22-10-11-4-2-1-3-5-11)8-15(19)17(14)12-6-16(21)20-9-12/h1-5,7-8,12H,6,9-10H2,(H,20,21)/t12-/m0/s1. The van der Waals surface area contributed by atoms with Crippen molar-refractivity contribution in [3.63, 3.8) is 0 Å². The number of rotatable bonds is 4. The summed E-state index contributed by atoms with van der Waals surface area (Å²) in [6.45, 7) is 0.499. The second-order valence-corrected chi connectivity index (χ2v) is 5.28. The summed E-state index contributed by atoms with van der Waals surface area (Å²) < 4.78 is 33.7. The molecule has 0 unspecified atom stereocenters. The van der Waals surface area contributed by atoms with Crippen LogP contribution in [0.15, 0.2) is 42.5 Å². The van der Waals surface area contributed by atoms with Crippen molar-refractivity contribution < 1.29 is 18.3 Å². The molecule has 1 fully saturated rings. The van der Waals surface area contributed by atoms with Gasteiger partial charge < -0.3 is 10.1 Å². The van der Waals surface area contributed by atoms with Crippen LogP contribution in [0.4, 0.5) is 8.78 Å².